The summed E-state index contributed by atoms with van der Waals surface area (Å²) in [5.41, 5.74) is 3.50. The van der Waals surface area contributed by atoms with E-state index in [2.05, 4.69) is 20.9 Å². The van der Waals surface area contributed by atoms with Crippen LogP contribution in [0.1, 0.15) is 54.2 Å². The highest BCUT2D eigenvalue weighted by Crippen LogP contribution is 2.40. The van der Waals surface area contributed by atoms with Gasteiger partial charge in [-0.2, -0.15) is 13.2 Å². The van der Waals surface area contributed by atoms with Gasteiger partial charge in [0.2, 0.25) is 5.91 Å². The molecule has 2 atom stereocenters. The Morgan fingerprint density at radius 1 is 1.11 bits per heavy atom. The maximum absolute atomic E-state index is 13.6. The van der Waals surface area contributed by atoms with Crippen LogP contribution in [0.4, 0.5) is 24.5 Å². The molecular formula is C33H37F3N6O2. The summed E-state index contributed by atoms with van der Waals surface area (Å²) in [6.07, 6.45) is -2.73. The van der Waals surface area contributed by atoms with Gasteiger partial charge in [0.25, 0.3) is 5.91 Å². The molecule has 1 aliphatic rings. The van der Waals surface area contributed by atoms with Crippen molar-refractivity contribution in [1.29, 1.82) is 0 Å². The maximum atomic E-state index is 13.6. The maximum Gasteiger partial charge on any atom is 0.416 e. The largest absolute Gasteiger partial charge is 0.416 e. The van der Waals surface area contributed by atoms with Gasteiger partial charge in [-0.25, -0.2) is 4.98 Å². The van der Waals surface area contributed by atoms with Gasteiger partial charge in [-0.05, 0) is 87.1 Å². The SMILES string of the molecule is CCC(C)[C@@H]1C(=O)Nc2ccc(NCCCN(C)C)cc2-c2nc3cc(C(=O)NCc4cccc(C(F)(F)F)c4)ccc3n21. The number of hydrogen-bond acceptors (Lipinski definition) is 5. The fraction of sp³-hybridized carbons (Fsp3) is 0.364. The summed E-state index contributed by atoms with van der Waals surface area (Å²) in [6, 6.07) is 15.3. The van der Waals surface area contributed by atoms with Crippen LogP contribution in [0.15, 0.2) is 60.7 Å². The van der Waals surface area contributed by atoms with E-state index in [1.54, 1.807) is 18.2 Å². The van der Waals surface area contributed by atoms with Crippen molar-refractivity contribution in [3.8, 4) is 11.4 Å². The van der Waals surface area contributed by atoms with Gasteiger partial charge >= 0.3 is 6.18 Å². The molecule has 4 aromatic rings. The van der Waals surface area contributed by atoms with E-state index in [4.69, 9.17) is 4.98 Å². The molecule has 1 unspecified atom stereocenters. The zero-order valence-electron chi connectivity index (χ0n) is 25.3. The molecule has 0 aliphatic carbocycles. The van der Waals surface area contributed by atoms with Crippen molar-refractivity contribution in [2.75, 3.05) is 37.8 Å². The predicted molar refractivity (Wildman–Crippen MR) is 167 cm³/mol. The number of alkyl halides is 3. The topological polar surface area (TPSA) is 91.3 Å². The average Bonchev–Trinajstić information content (AvgIpc) is 3.30. The Hall–Kier alpha value is -4.38. The molecule has 3 N–H and O–H groups in total. The van der Waals surface area contributed by atoms with Crippen molar-refractivity contribution >= 4 is 34.2 Å². The monoisotopic (exact) mass is 606 g/mol. The zero-order valence-corrected chi connectivity index (χ0v) is 25.3. The number of nitrogens with zero attached hydrogens (tertiary/aromatic N) is 3. The van der Waals surface area contributed by atoms with Crippen molar-refractivity contribution in [2.24, 2.45) is 5.92 Å². The van der Waals surface area contributed by atoms with E-state index >= 15 is 0 Å². The van der Waals surface area contributed by atoms with Gasteiger partial charge in [-0.3, -0.25) is 9.59 Å². The second-order valence-corrected chi connectivity index (χ2v) is 11.6. The second-order valence-electron chi connectivity index (χ2n) is 11.6. The summed E-state index contributed by atoms with van der Waals surface area (Å²) in [4.78, 5) is 33.8. The molecule has 0 saturated carbocycles. The van der Waals surface area contributed by atoms with Gasteiger partial charge < -0.3 is 25.4 Å². The van der Waals surface area contributed by atoms with E-state index < -0.39 is 23.7 Å². The molecule has 0 bridgehead atoms. The lowest BCUT2D eigenvalue weighted by Crippen LogP contribution is -2.29. The number of aromatic nitrogens is 2. The number of rotatable bonds is 10. The molecule has 8 nitrogen and oxygen atoms in total. The normalized spacial score (nSPS) is 15.4. The van der Waals surface area contributed by atoms with E-state index in [0.29, 0.717) is 33.7 Å². The van der Waals surface area contributed by atoms with Crippen LogP contribution in [-0.4, -0.2) is 53.5 Å². The molecule has 0 radical (unpaired) electrons. The van der Waals surface area contributed by atoms with Crippen molar-refractivity contribution in [3.63, 3.8) is 0 Å². The minimum atomic E-state index is -4.46. The first kappa shape index (κ1) is 31.1. The third kappa shape index (κ3) is 6.57. The molecular weight excluding hydrogens is 569 g/mol. The van der Waals surface area contributed by atoms with E-state index in [1.807, 2.05) is 50.7 Å². The molecule has 11 heteroatoms. The number of anilines is 2. The summed E-state index contributed by atoms with van der Waals surface area (Å²) in [5.74, 6) is 0.0539. The molecule has 0 spiro atoms. The number of fused-ring (bicyclic) bond motifs is 5. The Kier molecular flexibility index (Phi) is 8.96. The van der Waals surface area contributed by atoms with E-state index in [0.717, 1.165) is 49.3 Å². The lowest BCUT2D eigenvalue weighted by Gasteiger charge is -2.23. The van der Waals surface area contributed by atoms with E-state index in [-0.39, 0.29) is 18.4 Å². The van der Waals surface area contributed by atoms with Crippen LogP contribution < -0.4 is 16.0 Å². The molecule has 3 aromatic carbocycles. The van der Waals surface area contributed by atoms with Crippen LogP contribution in [0.5, 0.6) is 0 Å². The van der Waals surface area contributed by atoms with Crippen LogP contribution in [0.25, 0.3) is 22.4 Å². The molecule has 1 aliphatic heterocycles. The van der Waals surface area contributed by atoms with Crippen molar-refractivity contribution in [3.05, 3.63) is 77.4 Å². The highest BCUT2D eigenvalue weighted by atomic mass is 19.4. The number of imidazole rings is 1. The van der Waals surface area contributed by atoms with Gasteiger partial charge in [-0.15, -0.1) is 0 Å². The number of amides is 2. The van der Waals surface area contributed by atoms with E-state index in [9.17, 15) is 22.8 Å². The number of nitrogens with one attached hydrogen (secondary N) is 3. The van der Waals surface area contributed by atoms with Crippen molar-refractivity contribution in [1.82, 2.24) is 19.8 Å². The number of benzene rings is 3. The van der Waals surface area contributed by atoms with Gasteiger partial charge in [0.1, 0.15) is 11.9 Å². The molecule has 2 heterocycles. The third-order valence-electron chi connectivity index (χ3n) is 8.02. The van der Waals surface area contributed by atoms with Crippen LogP contribution in [0.3, 0.4) is 0 Å². The Balaban J connectivity index is 1.48. The first-order chi connectivity index (χ1) is 21.0. The zero-order chi connectivity index (χ0) is 31.6. The predicted octanol–water partition coefficient (Wildman–Crippen LogP) is 6.56. The Bertz CT molecular complexity index is 1680. The second kappa shape index (κ2) is 12.7. The number of carbonyl (C=O) groups is 2. The Morgan fingerprint density at radius 2 is 1.91 bits per heavy atom. The molecule has 5 rings (SSSR count). The van der Waals surface area contributed by atoms with Gasteiger partial charge in [0, 0.05) is 29.9 Å². The third-order valence-corrected chi connectivity index (χ3v) is 8.02. The summed E-state index contributed by atoms with van der Waals surface area (Å²) >= 11 is 0. The van der Waals surface area contributed by atoms with Crippen molar-refractivity contribution in [2.45, 2.75) is 45.5 Å². The first-order valence-electron chi connectivity index (χ1n) is 14.8. The quantitative estimate of drug-likeness (QED) is 0.178. The lowest BCUT2D eigenvalue weighted by atomic mass is 9.97. The highest BCUT2D eigenvalue weighted by molar-refractivity contribution is 6.03. The minimum Gasteiger partial charge on any atom is -0.385 e. The molecule has 0 saturated heterocycles. The van der Waals surface area contributed by atoms with Gasteiger partial charge in [0.05, 0.1) is 22.3 Å². The molecule has 1 aromatic heterocycles. The number of hydrogen-bond donors (Lipinski definition) is 3. The van der Waals surface area contributed by atoms with Crippen LogP contribution in [-0.2, 0) is 17.5 Å². The fourth-order valence-corrected chi connectivity index (χ4v) is 5.49. The smallest absolute Gasteiger partial charge is 0.385 e. The highest BCUT2D eigenvalue weighted by Gasteiger charge is 2.34. The van der Waals surface area contributed by atoms with Crippen LogP contribution in [0.2, 0.25) is 0 Å². The Labute approximate surface area is 254 Å². The first-order valence-corrected chi connectivity index (χ1v) is 14.8. The summed E-state index contributed by atoms with van der Waals surface area (Å²) < 4.78 is 41.3. The molecule has 44 heavy (non-hydrogen) atoms. The van der Waals surface area contributed by atoms with E-state index in [1.165, 1.54) is 12.1 Å². The van der Waals surface area contributed by atoms with Crippen LogP contribution >= 0.6 is 0 Å². The molecule has 0 fully saturated rings. The summed E-state index contributed by atoms with van der Waals surface area (Å²) in [6.45, 7) is 5.75. The number of halogens is 3. The minimum absolute atomic E-state index is 0.000437. The van der Waals surface area contributed by atoms with Gasteiger partial charge in [0.15, 0.2) is 0 Å². The van der Waals surface area contributed by atoms with Gasteiger partial charge in [-0.1, -0.05) is 32.4 Å². The summed E-state index contributed by atoms with van der Waals surface area (Å²) in [7, 11) is 4.07. The lowest BCUT2D eigenvalue weighted by molar-refractivity contribution is -0.137. The molecule has 232 valence electrons. The van der Waals surface area contributed by atoms with Crippen molar-refractivity contribution < 1.29 is 22.8 Å². The Morgan fingerprint density at radius 3 is 2.64 bits per heavy atom. The molecule has 2 amide bonds. The number of carbonyl (C=O) groups excluding carboxylic acids is 2. The van der Waals surface area contributed by atoms with Crippen LogP contribution in [0, 0.1) is 5.92 Å². The standard InChI is InChI=1S/C33H37F3N6O2/c1-5-20(2)29-32(44)40-26-12-11-24(37-14-7-15-41(3)4)18-25(26)30-39-27-17-22(10-13-28(27)42(29)30)31(43)38-19-21-8-6-9-23(16-21)33(34,35)36/h6,8-13,16-18,20,29,37H,5,7,14-15,19H2,1-4H3,(H,38,43)(H,40,44)/t20?,29-/m1/s1. The average molecular weight is 607 g/mol. The summed E-state index contributed by atoms with van der Waals surface area (Å²) in [5, 5.41) is 9.28. The fourth-order valence-electron chi connectivity index (χ4n) is 5.49.